The number of benzene rings is 3. The van der Waals surface area contributed by atoms with Crippen LogP contribution in [0.5, 0.6) is 0 Å². The smallest absolute Gasteiger partial charge is 0.416 e. The van der Waals surface area contributed by atoms with Crippen LogP contribution in [0.15, 0.2) is 109 Å². The van der Waals surface area contributed by atoms with E-state index in [1.165, 1.54) is 19.1 Å². The van der Waals surface area contributed by atoms with E-state index in [2.05, 4.69) is 16.6 Å². The highest BCUT2D eigenvalue weighted by Crippen LogP contribution is 2.40. The number of carbonyl (C=O) groups excluding carboxylic acids is 2. The molecule has 1 amide bonds. The highest BCUT2D eigenvalue weighted by atomic mass is 19.4. The fourth-order valence-electron chi connectivity index (χ4n) is 4.58. The maximum absolute atomic E-state index is 14.9. The molecule has 46 heavy (non-hydrogen) atoms. The average molecular weight is 654 g/mol. The summed E-state index contributed by atoms with van der Waals surface area (Å²) in [6, 6.07) is 12.5. The zero-order valence-corrected chi connectivity index (χ0v) is 24.3. The number of methoxy groups -OCH3 is 1. The van der Waals surface area contributed by atoms with E-state index < -0.39 is 76.1 Å². The Kier molecular flexibility index (Phi) is 11.2. The van der Waals surface area contributed by atoms with Gasteiger partial charge in [-0.15, -0.1) is 0 Å². The predicted molar refractivity (Wildman–Crippen MR) is 152 cm³/mol. The molecular formula is C33H27F8NO4. The summed E-state index contributed by atoms with van der Waals surface area (Å²) in [6.07, 6.45) is -9.91. The van der Waals surface area contributed by atoms with Crippen molar-refractivity contribution >= 4 is 11.9 Å². The lowest BCUT2D eigenvalue weighted by Gasteiger charge is -2.38. The molecule has 0 saturated carbocycles. The zero-order chi connectivity index (χ0) is 34.3. The lowest BCUT2D eigenvalue weighted by molar-refractivity contribution is -0.150. The molecule has 0 bridgehead atoms. The minimum absolute atomic E-state index is 0.0858. The van der Waals surface area contributed by atoms with Crippen LogP contribution in [0.25, 0.3) is 0 Å². The lowest BCUT2D eigenvalue weighted by Crippen LogP contribution is -2.49. The molecule has 0 aromatic heterocycles. The molecule has 5 nitrogen and oxygen atoms in total. The summed E-state index contributed by atoms with van der Waals surface area (Å²) in [7, 11) is 1.04. The summed E-state index contributed by atoms with van der Waals surface area (Å²) in [5.74, 6) is -4.16. The van der Waals surface area contributed by atoms with Gasteiger partial charge in [-0.2, -0.15) is 26.3 Å². The molecule has 3 rings (SSSR count). The maximum atomic E-state index is 14.9. The van der Waals surface area contributed by atoms with Gasteiger partial charge in [-0.05, 0) is 66.1 Å². The topological polar surface area (TPSA) is 64.6 Å². The van der Waals surface area contributed by atoms with E-state index in [9.17, 15) is 44.7 Å². The zero-order valence-electron chi connectivity index (χ0n) is 24.3. The van der Waals surface area contributed by atoms with Crippen LogP contribution in [-0.2, 0) is 38.6 Å². The molecule has 2 atom stereocenters. The molecule has 0 spiro atoms. The van der Waals surface area contributed by atoms with Gasteiger partial charge < -0.3 is 14.8 Å². The Bertz CT molecular complexity index is 1630. The molecule has 0 aliphatic heterocycles. The van der Waals surface area contributed by atoms with Crippen molar-refractivity contribution in [2.45, 2.75) is 37.3 Å². The number of allylic oxidation sites excluding steroid dienone is 1. The number of halogens is 8. The second-order valence-corrected chi connectivity index (χ2v) is 9.93. The van der Waals surface area contributed by atoms with Gasteiger partial charge in [-0.25, -0.2) is 13.6 Å². The van der Waals surface area contributed by atoms with E-state index in [0.29, 0.717) is 29.8 Å². The minimum atomic E-state index is -5.07. The van der Waals surface area contributed by atoms with Crippen LogP contribution < -0.4 is 5.32 Å². The molecule has 13 heteroatoms. The Morgan fingerprint density at radius 1 is 0.891 bits per heavy atom. The van der Waals surface area contributed by atoms with Gasteiger partial charge in [0.1, 0.15) is 17.9 Å². The van der Waals surface area contributed by atoms with Crippen molar-refractivity contribution in [1.29, 1.82) is 0 Å². The van der Waals surface area contributed by atoms with Gasteiger partial charge in [0, 0.05) is 12.0 Å². The van der Waals surface area contributed by atoms with E-state index in [4.69, 9.17) is 4.74 Å². The van der Waals surface area contributed by atoms with Crippen LogP contribution in [-0.4, -0.2) is 25.1 Å². The van der Waals surface area contributed by atoms with Gasteiger partial charge >= 0.3 is 18.3 Å². The lowest BCUT2D eigenvalue weighted by atomic mass is 9.76. The molecule has 3 aromatic rings. The number of hydrogen-bond donors (Lipinski definition) is 1. The largest absolute Gasteiger partial charge is 0.477 e. The number of rotatable bonds is 11. The van der Waals surface area contributed by atoms with Gasteiger partial charge in [0.25, 0.3) is 5.91 Å². The van der Waals surface area contributed by atoms with Crippen molar-refractivity contribution in [1.82, 2.24) is 5.32 Å². The van der Waals surface area contributed by atoms with Crippen molar-refractivity contribution in [2.75, 3.05) is 7.11 Å². The first-order valence-corrected chi connectivity index (χ1v) is 13.4. The van der Waals surface area contributed by atoms with Crippen molar-refractivity contribution in [3.05, 3.63) is 143 Å². The van der Waals surface area contributed by atoms with Gasteiger partial charge in [0.05, 0.1) is 23.8 Å². The summed E-state index contributed by atoms with van der Waals surface area (Å²) in [4.78, 5) is 25.6. The number of alkyl halides is 6. The summed E-state index contributed by atoms with van der Waals surface area (Å²) in [6.45, 7) is 4.86. The third-order valence-corrected chi connectivity index (χ3v) is 6.77. The molecule has 0 aliphatic rings. The molecule has 3 aromatic carbocycles. The SMILES string of the molecule is C=C/C(=C\C(=C\F)OC(C)C(=O)OC)[C@@](Cc1ccccc1)(NC(=O)c1cccc(C(F)(F)F)c1)c1cc(F)cc(C(F)(F)F)c1. The molecule has 1 N–H and O–H groups in total. The molecule has 0 aliphatic carbocycles. The quantitative estimate of drug-likeness (QED) is 0.0981. The van der Waals surface area contributed by atoms with Gasteiger partial charge in [-0.3, -0.25) is 4.79 Å². The first-order valence-electron chi connectivity index (χ1n) is 13.4. The molecule has 0 heterocycles. The molecule has 0 fully saturated rings. The monoisotopic (exact) mass is 653 g/mol. The van der Waals surface area contributed by atoms with E-state index in [1.807, 2.05) is 0 Å². The van der Waals surface area contributed by atoms with Crippen LogP contribution >= 0.6 is 0 Å². The van der Waals surface area contributed by atoms with Crippen molar-refractivity contribution < 1.29 is 54.2 Å². The summed E-state index contributed by atoms with van der Waals surface area (Å²) in [5.41, 5.74) is -5.89. The van der Waals surface area contributed by atoms with Crippen molar-refractivity contribution in [2.24, 2.45) is 0 Å². The molecular weight excluding hydrogens is 626 g/mol. The third kappa shape index (κ3) is 8.61. The van der Waals surface area contributed by atoms with E-state index in [-0.39, 0.29) is 18.0 Å². The third-order valence-electron chi connectivity index (χ3n) is 6.77. The number of carbonyl (C=O) groups is 2. The first kappa shape index (κ1) is 35.5. The molecule has 1 unspecified atom stereocenters. The Labute approximate surface area is 258 Å². The van der Waals surface area contributed by atoms with E-state index in [0.717, 1.165) is 31.4 Å². The van der Waals surface area contributed by atoms with Crippen LogP contribution in [0.1, 0.15) is 39.5 Å². The van der Waals surface area contributed by atoms with E-state index in [1.54, 1.807) is 18.2 Å². The predicted octanol–water partition coefficient (Wildman–Crippen LogP) is 8.23. The van der Waals surface area contributed by atoms with E-state index >= 15 is 0 Å². The number of amides is 1. The Hall–Kier alpha value is -4.94. The highest BCUT2D eigenvalue weighted by molar-refractivity contribution is 5.95. The highest BCUT2D eigenvalue weighted by Gasteiger charge is 2.41. The number of hydrogen-bond acceptors (Lipinski definition) is 4. The van der Waals surface area contributed by atoms with Crippen molar-refractivity contribution in [3.8, 4) is 0 Å². The van der Waals surface area contributed by atoms with Gasteiger partial charge in [0.2, 0.25) is 0 Å². The van der Waals surface area contributed by atoms with Crippen LogP contribution in [0.3, 0.4) is 0 Å². The number of ether oxygens (including phenoxy) is 2. The Balaban J connectivity index is 2.39. The molecule has 0 saturated heterocycles. The second-order valence-electron chi connectivity index (χ2n) is 9.93. The molecule has 0 radical (unpaired) electrons. The Morgan fingerprint density at radius 2 is 1.52 bits per heavy atom. The number of esters is 1. The maximum Gasteiger partial charge on any atom is 0.416 e. The minimum Gasteiger partial charge on any atom is -0.477 e. The fourth-order valence-corrected chi connectivity index (χ4v) is 4.58. The first-order chi connectivity index (χ1) is 21.5. The van der Waals surface area contributed by atoms with Crippen molar-refractivity contribution in [3.63, 3.8) is 0 Å². The number of nitrogens with one attached hydrogen (secondary N) is 1. The summed E-state index contributed by atoms with van der Waals surface area (Å²) in [5, 5.41) is 2.49. The van der Waals surface area contributed by atoms with Crippen LogP contribution in [0.2, 0.25) is 0 Å². The standard InChI is InChI=1S/C33H27F8NO4/c1-4-23(17-28(19-34)46-20(2)30(44)45-3)31(18-21-9-6-5-7-10-21,25-14-26(33(39,40)41)16-27(35)15-25)42-29(43)22-11-8-12-24(13-22)32(36,37)38/h4-17,19-20H,1,18H2,2-3H3,(H,42,43)/b23-17+,28-19-/t20?,31-/m1/s1. The second kappa shape index (κ2) is 14.4. The van der Waals surface area contributed by atoms with Crippen LogP contribution in [0.4, 0.5) is 35.1 Å². The Morgan fingerprint density at radius 3 is 2.09 bits per heavy atom. The van der Waals surface area contributed by atoms with Gasteiger partial charge in [-0.1, -0.05) is 49.1 Å². The molecule has 244 valence electrons. The average Bonchev–Trinajstić information content (AvgIpc) is 3.01. The van der Waals surface area contributed by atoms with Crippen LogP contribution in [0, 0.1) is 5.82 Å². The summed E-state index contributed by atoms with van der Waals surface area (Å²) < 4.78 is 121. The normalized spacial score (nSPS) is 14.6. The van der Waals surface area contributed by atoms with Gasteiger partial charge in [0.15, 0.2) is 6.10 Å². The fraction of sp³-hybridized carbons (Fsp3) is 0.212. The summed E-state index contributed by atoms with van der Waals surface area (Å²) >= 11 is 0.